The van der Waals surface area contributed by atoms with Crippen molar-refractivity contribution in [2.24, 2.45) is 5.73 Å². The predicted octanol–water partition coefficient (Wildman–Crippen LogP) is 2.19. The van der Waals surface area contributed by atoms with Crippen molar-refractivity contribution in [3.8, 4) is 0 Å². The van der Waals surface area contributed by atoms with Gasteiger partial charge in [-0.2, -0.15) is 0 Å². The number of aromatic amines is 1. The van der Waals surface area contributed by atoms with Crippen LogP contribution in [0.2, 0.25) is 0 Å². The van der Waals surface area contributed by atoms with Crippen LogP contribution in [0, 0.1) is 0 Å². The Labute approximate surface area is 173 Å². The number of carbonyl (C=O) groups is 2. The first kappa shape index (κ1) is 19.6. The molecule has 2 heterocycles. The number of fused-ring (bicyclic) bond motifs is 1. The van der Waals surface area contributed by atoms with Crippen LogP contribution in [0.15, 0.2) is 47.3 Å². The highest BCUT2D eigenvalue weighted by Crippen LogP contribution is 2.30. The molecular weight excluding hydrogens is 382 g/mol. The van der Waals surface area contributed by atoms with Crippen molar-refractivity contribution >= 4 is 34.1 Å². The number of hydrogen-bond acceptors (Lipinski definition) is 5. The number of rotatable bonds is 6. The summed E-state index contributed by atoms with van der Waals surface area (Å²) >= 11 is 0. The molecule has 1 aliphatic heterocycles. The van der Waals surface area contributed by atoms with Crippen LogP contribution in [-0.2, 0) is 11.2 Å². The van der Waals surface area contributed by atoms with E-state index in [-0.39, 0.29) is 17.9 Å². The van der Waals surface area contributed by atoms with Crippen LogP contribution in [-0.4, -0.2) is 34.9 Å². The van der Waals surface area contributed by atoms with Gasteiger partial charge in [-0.05, 0) is 43.2 Å². The second kappa shape index (κ2) is 8.36. The van der Waals surface area contributed by atoms with Gasteiger partial charge in [0, 0.05) is 31.5 Å². The van der Waals surface area contributed by atoms with Gasteiger partial charge in [0.05, 0.1) is 22.3 Å². The molecule has 4 N–H and O–H groups in total. The molecule has 1 aliphatic rings. The Morgan fingerprint density at radius 1 is 1.13 bits per heavy atom. The van der Waals surface area contributed by atoms with Gasteiger partial charge in [-0.15, -0.1) is 0 Å². The lowest BCUT2D eigenvalue weighted by Crippen LogP contribution is -2.22. The Hall–Kier alpha value is -3.68. The summed E-state index contributed by atoms with van der Waals surface area (Å²) in [4.78, 5) is 45.7. The van der Waals surface area contributed by atoms with Gasteiger partial charge in [0.1, 0.15) is 5.82 Å². The lowest BCUT2D eigenvalue weighted by Gasteiger charge is -2.22. The smallest absolute Gasteiger partial charge is 0.258 e. The van der Waals surface area contributed by atoms with Crippen LogP contribution in [0.25, 0.3) is 10.9 Å². The van der Waals surface area contributed by atoms with Crippen LogP contribution >= 0.6 is 0 Å². The van der Waals surface area contributed by atoms with E-state index in [1.807, 2.05) is 12.1 Å². The summed E-state index contributed by atoms with van der Waals surface area (Å²) in [5, 5.41) is 3.41. The molecule has 0 unspecified atom stereocenters. The number of nitrogens with one attached hydrogen (secondary N) is 2. The number of amides is 2. The standard InChI is InChI=1S/C22H23N5O3/c23-21(29)14-7-8-18(27-11-3-4-12-27)17(13-14)25-20(28)10-9-19-24-16-6-2-1-5-15(16)22(30)26-19/h1-2,5-8,13H,3-4,9-12H2,(H2,23,29)(H,25,28)(H,24,26,30). The van der Waals surface area contributed by atoms with E-state index in [0.717, 1.165) is 31.6 Å². The SMILES string of the molecule is NC(=O)c1ccc(N2CCCC2)c(NC(=O)CCc2nc3ccccc3c(=O)[nH]2)c1. The molecule has 30 heavy (non-hydrogen) atoms. The number of para-hydroxylation sites is 1. The van der Waals surface area contributed by atoms with Crippen LogP contribution in [0.5, 0.6) is 0 Å². The molecule has 0 saturated carbocycles. The van der Waals surface area contributed by atoms with Gasteiger partial charge in [0.25, 0.3) is 5.56 Å². The van der Waals surface area contributed by atoms with E-state index in [1.54, 1.807) is 30.3 Å². The third kappa shape index (κ3) is 4.17. The first-order chi connectivity index (χ1) is 14.5. The molecule has 3 aromatic rings. The summed E-state index contributed by atoms with van der Waals surface area (Å²) in [5.74, 6) is -0.316. The molecule has 1 fully saturated rings. The number of hydrogen-bond donors (Lipinski definition) is 3. The topological polar surface area (TPSA) is 121 Å². The Morgan fingerprint density at radius 2 is 1.90 bits per heavy atom. The molecule has 0 radical (unpaired) electrons. The molecule has 1 saturated heterocycles. The molecule has 154 valence electrons. The fraction of sp³-hybridized carbons (Fsp3) is 0.273. The van der Waals surface area contributed by atoms with Crippen molar-refractivity contribution < 1.29 is 9.59 Å². The van der Waals surface area contributed by atoms with E-state index in [2.05, 4.69) is 20.2 Å². The second-order valence-electron chi connectivity index (χ2n) is 7.37. The maximum Gasteiger partial charge on any atom is 0.258 e. The van der Waals surface area contributed by atoms with Crippen molar-refractivity contribution in [1.29, 1.82) is 0 Å². The molecule has 8 nitrogen and oxygen atoms in total. The average molecular weight is 405 g/mol. The van der Waals surface area contributed by atoms with Crippen LogP contribution in [0.1, 0.15) is 35.4 Å². The normalized spacial score (nSPS) is 13.5. The molecule has 0 atom stereocenters. The largest absolute Gasteiger partial charge is 0.370 e. The van der Waals surface area contributed by atoms with Crippen LogP contribution in [0.4, 0.5) is 11.4 Å². The summed E-state index contributed by atoms with van der Waals surface area (Å²) in [6.45, 7) is 1.81. The van der Waals surface area contributed by atoms with Crippen molar-refractivity contribution in [2.45, 2.75) is 25.7 Å². The van der Waals surface area contributed by atoms with Crippen molar-refractivity contribution in [3.05, 3.63) is 64.2 Å². The van der Waals surface area contributed by atoms with Gasteiger partial charge >= 0.3 is 0 Å². The predicted molar refractivity (Wildman–Crippen MR) is 116 cm³/mol. The highest BCUT2D eigenvalue weighted by atomic mass is 16.2. The summed E-state index contributed by atoms with van der Waals surface area (Å²) in [7, 11) is 0. The molecule has 0 spiro atoms. The molecule has 4 rings (SSSR count). The number of nitrogens with zero attached hydrogens (tertiary/aromatic N) is 2. The Kier molecular flexibility index (Phi) is 5.47. The minimum atomic E-state index is -0.545. The molecule has 0 aliphatic carbocycles. The third-order valence-corrected chi connectivity index (χ3v) is 5.25. The van der Waals surface area contributed by atoms with E-state index in [1.165, 1.54) is 0 Å². The fourth-order valence-electron chi connectivity index (χ4n) is 3.72. The maximum atomic E-state index is 12.6. The molecule has 2 amide bonds. The molecule has 2 aromatic carbocycles. The van der Waals surface area contributed by atoms with Gasteiger partial charge < -0.3 is 20.9 Å². The van der Waals surface area contributed by atoms with E-state index in [9.17, 15) is 14.4 Å². The van der Waals surface area contributed by atoms with Gasteiger partial charge in [-0.25, -0.2) is 4.98 Å². The van der Waals surface area contributed by atoms with E-state index in [4.69, 9.17) is 5.73 Å². The molecular formula is C22H23N5O3. The number of carbonyl (C=O) groups excluding carboxylic acids is 2. The second-order valence-corrected chi connectivity index (χ2v) is 7.37. The number of aryl methyl sites for hydroxylation is 1. The zero-order valence-corrected chi connectivity index (χ0v) is 16.5. The summed E-state index contributed by atoms with van der Waals surface area (Å²) in [6, 6.07) is 12.2. The fourth-order valence-corrected chi connectivity index (χ4v) is 3.72. The number of primary amides is 1. The van der Waals surface area contributed by atoms with Crippen molar-refractivity contribution in [1.82, 2.24) is 9.97 Å². The zero-order chi connectivity index (χ0) is 21.1. The number of aromatic nitrogens is 2. The Balaban J connectivity index is 1.50. The van der Waals surface area contributed by atoms with E-state index in [0.29, 0.717) is 34.4 Å². The van der Waals surface area contributed by atoms with Crippen molar-refractivity contribution in [2.75, 3.05) is 23.3 Å². The summed E-state index contributed by atoms with van der Waals surface area (Å²) < 4.78 is 0. The summed E-state index contributed by atoms with van der Waals surface area (Å²) in [5.41, 5.74) is 7.57. The van der Waals surface area contributed by atoms with E-state index < -0.39 is 5.91 Å². The zero-order valence-electron chi connectivity index (χ0n) is 16.5. The highest BCUT2D eigenvalue weighted by molar-refractivity contribution is 5.99. The number of anilines is 2. The minimum Gasteiger partial charge on any atom is -0.370 e. The molecule has 0 bridgehead atoms. The lowest BCUT2D eigenvalue weighted by atomic mass is 10.1. The maximum absolute atomic E-state index is 12.6. The Bertz CT molecular complexity index is 1160. The monoisotopic (exact) mass is 405 g/mol. The van der Waals surface area contributed by atoms with Crippen LogP contribution in [0.3, 0.4) is 0 Å². The first-order valence-corrected chi connectivity index (χ1v) is 9.98. The van der Waals surface area contributed by atoms with Gasteiger partial charge in [0.15, 0.2) is 0 Å². The number of benzene rings is 2. The van der Waals surface area contributed by atoms with E-state index >= 15 is 0 Å². The number of H-pyrrole nitrogens is 1. The van der Waals surface area contributed by atoms with Crippen molar-refractivity contribution in [3.63, 3.8) is 0 Å². The van der Waals surface area contributed by atoms with Crippen LogP contribution < -0.4 is 21.5 Å². The third-order valence-electron chi connectivity index (χ3n) is 5.25. The molecule has 1 aromatic heterocycles. The highest BCUT2D eigenvalue weighted by Gasteiger charge is 2.18. The average Bonchev–Trinajstić information content (AvgIpc) is 3.27. The quantitative estimate of drug-likeness (QED) is 0.580. The lowest BCUT2D eigenvalue weighted by molar-refractivity contribution is -0.116. The van der Waals surface area contributed by atoms with Gasteiger partial charge in [-0.3, -0.25) is 14.4 Å². The van der Waals surface area contributed by atoms with Gasteiger partial charge in [-0.1, -0.05) is 12.1 Å². The first-order valence-electron chi connectivity index (χ1n) is 9.98. The minimum absolute atomic E-state index is 0.140. The Morgan fingerprint density at radius 3 is 2.67 bits per heavy atom. The summed E-state index contributed by atoms with van der Waals surface area (Å²) in [6.07, 6.45) is 2.61. The number of nitrogens with two attached hydrogens (primary N) is 1. The molecule has 8 heteroatoms. The van der Waals surface area contributed by atoms with Gasteiger partial charge in [0.2, 0.25) is 11.8 Å².